The highest BCUT2D eigenvalue weighted by atomic mass is 19.1. The van der Waals surface area contributed by atoms with Gasteiger partial charge in [0, 0.05) is 19.3 Å². The molecular weight excluding hydrogens is 227 g/mol. The Balaban J connectivity index is 2.24. The Morgan fingerprint density at radius 2 is 1.83 bits per heavy atom. The summed E-state index contributed by atoms with van der Waals surface area (Å²) in [6.45, 7) is 2.65. The van der Waals surface area contributed by atoms with Crippen LogP contribution in [0.3, 0.4) is 0 Å². The molecule has 0 saturated heterocycles. The van der Waals surface area contributed by atoms with Crippen molar-refractivity contribution in [3.05, 3.63) is 59.4 Å². The van der Waals surface area contributed by atoms with Crippen molar-refractivity contribution in [3.63, 3.8) is 0 Å². The lowest BCUT2D eigenvalue weighted by Gasteiger charge is -2.22. The Morgan fingerprint density at radius 3 is 2.56 bits per heavy atom. The van der Waals surface area contributed by atoms with Crippen LogP contribution in [0.1, 0.15) is 11.1 Å². The maximum absolute atomic E-state index is 13.4. The van der Waals surface area contributed by atoms with Crippen LogP contribution < -0.4 is 10.6 Å². The molecule has 2 aromatic carbocycles. The third-order valence-corrected chi connectivity index (χ3v) is 3.08. The number of anilines is 2. The van der Waals surface area contributed by atoms with Crippen LogP contribution in [0.15, 0.2) is 42.5 Å². The summed E-state index contributed by atoms with van der Waals surface area (Å²) in [7, 11) is 1.98. The van der Waals surface area contributed by atoms with Crippen LogP contribution in [0.4, 0.5) is 15.8 Å². The van der Waals surface area contributed by atoms with Crippen molar-refractivity contribution < 1.29 is 4.39 Å². The number of nitrogens with zero attached hydrogens (tertiary/aromatic N) is 1. The van der Waals surface area contributed by atoms with Crippen LogP contribution in [0.25, 0.3) is 0 Å². The van der Waals surface area contributed by atoms with Gasteiger partial charge in [-0.3, -0.25) is 0 Å². The Labute approximate surface area is 107 Å². The van der Waals surface area contributed by atoms with E-state index in [0.717, 1.165) is 11.3 Å². The quantitative estimate of drug-likeness (QED) is 0.839. The van der Waals surface area contributed by atoms with E-state index in [4.69, 9.17) is 5.73 Å². The van der Waals surface area contributed by atoms with E-state index in [1.807, 2.05) is 31.3 Å². The monoisotopic (exact) mass is 244 g/mol. The molecule has 2 rings (SSSR count). The van der Waals surface area contributed by atoms with E-state index in [0.29, 0.717) is 6.54 Å². The first-order valence-corrected chi connectivity index (χ1v) is 5.89. The van der Waals surface area contributed by atoms with Gasteiger partial charge in [-0.05, 0) is 30.2 Å². The van der Waals surface area contributed by atoms with E-state index in [2.05, 4.69) is 17.9 Å². The molecule has 18 heavy (non-hydrogen) atoms. The Bertz CT molecular complexity index is 552. The summed E-state index contributed by atoms with van der Waals surface area (Å²) in [5.41, 5.74) is 9.10. The van der Waals surface area contributed by atoms with Crippen molar-refractivity contribution in [2.45, 2.75) is 13.5 Å². The molecule has 0 heterocycles. The number of rotatable bonds is 3. The third-order valence-electron chi connectivity index (χ3n) is 3.08. The highest BCUT2D eigenvalue weighted by Gasteiger charge is 2.09. The summed E-state index contributed by atoms with van der Waals surface area (Å²) >= 11 is 0. The van der Waals surface area contributed by atoms with Gasteiger partial charge in [0.2, 0.25) is 0 Å². The fourth-order valence-electron chi connectivity index (χ4n) is 2.05. The molecule has 0 aliphatic heterocycles. The van der Waals surface area contributed by atoms with Crippen molar-refractivity contribution in [2.75, 3.05) is 17.7 Å². The topological polar surface area (TPSA) is 29.3 Å². The van der Waals surface area contributed by atoms with Crippen LogP contribution in [0, 0.1) is 12.7 Å². The molecule has 0 atom stereocenters. The Morgan fingerprint density at radius 1 is 1.11 bits per heavy atom. The summed E-state index contributed by atoms with van der Waals surface area (Å²) in [4.78, 5) is 2.07. The molecule has 0 unspecified atom stereocenters. The highest BCUT2D eigenvalue weighted by Crippen LogP contribution is 2.23. The predicted octanol–water partition coefficient (Wildman–Crippen LogP) is 3.35. The van der Waals surface area contributed by atoms with Gasteiger partial charge in [-0.1, -0.05) is 30.3 Å². The minimum atomic E-state index is -0.356. The molecule has 0 aliphatic carbocycles. The summed E-state index contributed by atoms with van der Waals surface area (Å²) in [6.07, 6.45) is 0. The molecule has 0 aliphatic rings. The highest BCUT2D eigenvalue weighted by molar-refractivity contribution is 5.55. The van der Waals surface area contributed by atoms with Gasteiger partial charge >= 0.3 is 0 Å². The minimum Gasteiger partial charge on any atom is -0.396 e. The fourth-order valence-corrected chi connectivity index (χ4v) is 2.05. The van der Waals surface area contributed by atoms with Gasteiger partial charge in [0.1, 0.15) is 5.82 Å². The standard InChI is InChI=1S/C15H17FN2/c1-11-6-3-4-9-14(11)18(2)10-12-7-5-8-13(16)15(12)17/h3-9H,10,17H2,1-2H3. The van der Waals surface area contributed by atoms with Crippen molar-refractivity contribution in [2.24, 2.45) is 0 Å². The fraction of sp³-hybridized carbons (Fsp3) is 0.200. The van der Waals surface area contributed by atoms with Gasteiger partial charge in [0.25, 0.3) is 0 Å². The van der Waals surface area contributed by atoms with Crippen LogP contribution in [-0.2, 0) is 6.54 Å². The lowest BCUT2D eigenvalue weighted by molar-refractivity contribution is 0.630. The molecule has 3 heteroatoms. The number of hydrogen-bond donors (Lipinski definition) is 1. The van der Waals surface area contributed by atoms with Gasteiger partial charge in [0.05, 0.1) is 5.69 Å². The molecule has 2 aromatic rings. The largest absolute Gasteiger partial charge is 0.396 e. The maximum Gasteiger partial charge on any atom is 0.146 e. The number of aryl methyl sites for hydroxylation is 1. The van der Waals surface area contributed by atoms with Crippen LogP contribution in [0.2, 0.25) is 0 Å². The zero-order chi connectivity index (χ0) is 13.1. The Kier molecular flexibility index (Phi) is 3.51. The van der Waals surface area contributed by atoms with E-state index in [1.165, 1.54) is 11.6 Å². The van der Waals surface area contributed by atoms with Gasteiger partial charge in [0.15, 0.2) is 0 Å². The average Bonchev–Trinajstić information content (AvgIpc) is 2.35. The van der Waals surface area contributed by atoms with Crippen molar-refractivity contribution in [3.8, 4) is 0 Å². The zero-order valence-electron chi connectivity index (χ0n) is 10.7. The van der Waals surface area contributed by atoms with Gasteiger partial charge in [-0.2, -0.15) is 0 Å². The van der Waals surface area contributed by atoms with Gasteiger partial charge in [-0.15, -0.1) is 0 Å². The van der Waals surface area contributed by atoms with Crippen LogP contribution >= 0.6 is 0 Å². The molecule has 0 saturated carbocycles. The number of nitrogen functional groups attached to an aromatic ring is 1. The summed E-state index contributed by atoms with van der Waals surface area (Å²) in [6, 6.07) is 13.0. The average molecular weight is 244 g/mol. The maximum atomic E-state index is 13.4. The van der Waals surface area contributed by atoms with E-state index in [1.54, 1.807) is 6.07 Å². The molecule has 0 aromatic heterocycles. The number of benzene rings is 2. The Hall–Kier alpha value is -2.03. The number of nitrogens with two attached hydrogens (primary N) is 1. The molecule has 94 valence electrons. The third kappa shape index (κ3) is 2.45. The smallest absolute Gasteiger partial charge is 0.146 e. The molecule has 2 nitrogen and oxygen atoms in total. The minimum absolute atomic E-state index is 0.234. The molecule has 0 bridgehead atoms. The summed E-state index contributed by atoms with van der Waals surface area (Å²) in [5, 5.41) is 0. The number of halogens is 1. The first-order chi connectivity index (χ1) is 8.59. The molecule has 0 amide bonds. The van der Waals surface area contributed by atoms with Crippen LogP contribution in [0.5, 0.6) is 0 Å². The second kappa shape index (κ2) is 5.08. The van der Waals surface area contributed by atoms with E-state index < -0.39 is 0 Å². The number of para-hydroxylation sites is 2. The van der Waals surface area contributed by atoms with E-state index >= 15 is 0 Å². The molecular formula is C15H17FN2. The SMILES string of the molecule is Cc1ccccc1N(C)Cc1cccc(F)c1N. The summed E-state index contributed by atoms with van der Waals surface area (Å²) in [5.74, 6) is -0.356. The lowest BCUT2D eigenvalue weighted by atomic mass is 10.1. The van der Waals surface area contributed by atoms with Gasteiger partial charge in [-0.25, -0.2) is 4.39 Å². The lowest BCUT2D eigenvalue weighted by Crippen LogP contribution is -2.18. The first kappa shape index (κ1) is 12.4. The normalized spacial score (nSPS) is 10.4. The second-order valence-corrected chi connectivity index (χ2v) is 4.46. The first-order valence-electron chi connectivity index (χ1n) is 5.89. The molecule has 0 spiro atoms. The van der Waals surface area contributed by atoms with Crippen molar-refractivity contribution in [1.29, 1.82) is 0 Å². The molecule has 2 N–H and O–H groups in total. The van der Waals surface area contributed by atoms with E-state index in [-0.39, 0.29) is 11.5 Å². The zero-order valence-corrected chi connectivity index (χ0v) is 10.7. The number of hydrogen-bond acceptors (Lipinski definition) is 2. The van der Waals surface area contributed by atoms with Crippen molar-refractivity contribution in [1.82, 2.24) is 0 Å². The summed E-state index contributed by atoms with van der Waals surface area (Å²) < 4.78 is 13.4. The van der Waals surface area contributed by atoms with Gasteiger partial charge < -0.3 is 10.6 Å². The predicted molar refractivity (Wildman–Crippen MR) is 74.1 cm³/mol. The second-order valence-electron chi connectivity index (χ2n) is 4.46. The van der Waals surface area contributed by atoms with Crippen molar-refractivity contribution >= 4 is 11.4 Å². The van der Waals surface area contributed by atoms with E-state index in [9.17, 15) is 4.39 Å². The molecule has 0 fully saturated rings. The molecule has 0 radical (unpaired) electrons. The van der Waals surface area contributed by atoms with Crippen LogP contribution in [-0.4, -0.2) is 7.05 Å².